The molecule has 1 aliphatic heterocycles. The Morgan fingerprint density at radius 2 is 2.29 bits per heavy atom. The minimum atomic E-state index is 0.637. The van der Waals surface area contributed by atoms with Crippen LogP contribution in [0, 0.1) is 5.92 Å². The molecule has 2 rings (SSSR count). The molecule has 1 unspecified atom stereocenters. The lowest BCUT2D eigenvalue weighted by Gasteiger charge is -2.24. The highest BCUT2D eigenvalue weighted by Gasteiger charge is 2.21. The van der Waals surface area contributed by atoms with Crippen molar-refractivity contribution >= 4 is 23.0 Å². The lowest BCUT2D eigenvalue weighted by atomic mass is 10.1. The van der Waals surface area contributed by atoms with Crippen LogP contribution in [0.5, 0.6) is 0 Å². The predicted octanol–water partition coefficient (Wildman–Crippen LogP) is 2.31. The Morgan fingerprint density at radius 3 is 2.94 bits per heavy atom. The van der Waals surface area contributed by atoms with Gasteiger partial charge in [0, 0.05) is 20.1 Å². The molecule has 1 saturated heterocycles. The number of nitrogens with two attached hydrogens (primary N) is 1. The Balaban J connectivity index is 2.04. The number of anilines is 2. The number of rotatable bonds is 3. The maximum absolute atomic E-state index is 6.04. The Morgan fingerprint density at radius 1 is 1.53 bits per heavy atom. The number of nitrogen functional groups attached to an aromatic ring is 1. The number of likely N-dealkylation sites (tertiary alicyclic amines) is 1. The minimum absolute atomic E-state index is 0.637. The molecule has 0 bridgehead atoms. The molecule has 0 saturated carbocycles. The maximum atomic E-state index is 6.04. The third-order valence-corrected chi connectivity index (χ3v) is 3.79. The topological polar surface area (TPSA) is 32.5 Å². The lowest BCUT2D eigenvalue weighted by Crippen LogP contribution is -2.27. The van der Waals surface area contributed by atoms with Gasteiger partial charge in [-0.25, -0.2) is 0 Å². The monoisotopic (exact) mass is 253 g/mol. The smallest absolute Gasteiger partial charge is 0.0741 e. The molecule has 94 valence electrons. The number of benzene rings is 1. The zero-order valence-corrected chi connectivity index (χ0v) is 11.2. The van der Waals surface area contributed by atoms with Crippen molar-refractivity contribution < 1.29 is 0 Å². The van der Waals surface area contributed by atoms with Crippen molar-refractivity contribution in [1.29, 1.82) is 0 Å². The molecule has 0 radical (unpaired) electrons. The molecule has 1 heterocycles. The van der Waals surface area contributed by atoms with Crippen molar-refractivity contribution in [3.8, 4) is 0 Å². The molecule has 0 spiro atoms. The van der Waals surface area contributed by atoms with Gasteiger partial charge >= 0.3 is 0 Å². The Labute approximate surface area is 108 Å². The van der Waals surface area contributed by atoms with Crippen molar-refractivity contribution in [1.82, 2.24) is 4.90 Å². The molecule has 1 atom stereocenters. The van der Waals surface area contributed by atoms with E-state index in [1.807, 2.05) is 18.2 Å². The molecule has 1 fully saturated rings. The van der Waals surface area contributed by atoms with E-state index >= 15 is 0 Å². The van der Waals surface area contributed by atoms with Crippen LogP contribution in [0.1, 0.15) is 6.42 Å². The molecule has 1 aliphatic rings. The zero-order valence-electron chi connectivity index (χ0n) is 10.5. The van der Waals surface area contributed by atoms with E-state index in [1.54, 1.807) is 0 Å². The number of halogens is 1. The van der Waals surface area contributed by atoms with E-state index in [1.165, 1.54) is 19.5 Å². The highest BCUT2D eigenvalue weighted by Crippen LogP contribution is 2.30. The van der Waals surface area contributed by atoms with Gasteiger partial charge < -0.3 is 15.5 Å². The van der Waals surface area contributed by atoms with Crippen LogP contribution in [0.15, 0.2) is 18.2 Å². The Hall–Kier alpha value is -0.930. The second-order valence-corrected chi connectivity index (χ2v) is 5.38. The first-order valence-electron chi connectivity index (χ1n) is 6.01. The first kappa shape index (κ1) is 12.5. The molecule has 0 amide bonds. The van der Waals surface area contributed by atoms with Crippen LogP contribution in [-0.2, 0) is 0 Å². The van der Waals surface area contributed by atoms with Crippen LogP contribution in [0.4, 0.5) is 11.4 Å². The van der Waals surface area contributed by atoms with Crippen molar-refractivity contribution in [3.63, 3.8) is 0 Å². The van der Waals surface area contributed by atoms with Gasteiger partial charge in [0.25, 0.3) is 0 Å². The van der Waals surface area contributed by atoms with Gasteiger partial charge in [0.1, 0.15) is 0 Å². The Bertz CT molecular complexity index is 394. The average Bonchev–Trinajstić information content (AvgIpc) is 2.68. The molecular formula is C13H20ClN3. The molecule has 3 nitrogen and oxygen atoms in total. The third kappa shape index (κ3) is 2.85. The molecule has 17 heavy (non-hydrogen) atoms. The quantitative estimate of drug-likeness (QED) is 0.840. The average molecular weight is 254 g/mol. The van der Waals surface area contributed by atoms with E-state index in [2.05, 4.69) is 23.9 Å². The van der Waals surface area contributed by atoms with Crippen LogP contribution >= 0.6 is 11.6 Å². The number of para-hydroxylation sites is 1. The number of nitrogens with zero attached hydrogens (tertiary/aromatic N) is 2. The summed E-state index contributed by atoms with van der Waals surface area (Å²) in [5.74, 6) is 0.725. The fourth-order valence-corrected chi connectivity index (χ4v) is 2.69. The summed E-state index contributed by atoms with van der Waals surface area (Å²) in [6, 6.07) is 5.81. The van der Waals surface area contributed by atoms with E-state index in [9.17, 15) is 0 Å². The van der Waals surface area contributed by atoms with E-state index in [0.29, 0.717) is 10.7 Å². The molecule has 1 aromatic rings. The Kier molecular flexibility index (Phi) is 3.79. The van der Waals surface area contributed by atoms with Crippen LogP contribution in [0.25, 0.3) is 0 Å². The van der Waals surface area contributed by atoms with Gasteiger partial charge in [-0.3, -0.25) is 0 Å². The zero-order chi connectivity index (χ0) is 12.4. The van der Waals surface area contributed by atoms with Crippen molar-refractivity contribution in [2.75, 3.05) is 44.4 Å². The standard InChI is InChI=1S/C13H20ClN3/c1-16-7-6-10(8-16)9-17(2)12-5-3-4-11(14)13(12)15/h3-5,10H,6-9,15H2,1-2H3. The SMILES string of the molecule is CN1CCC(CN(C)c2cccc(Cl)c2N)C1. The third-order valence-electron chi connectivity index (χ3n) is 3.46. The van der Waals surface area contributed by atoms with Gasteiger partial charge in [0.2, 0.25) is 0 Å². The van der Waals surface area contributed by atoms with Gasteiger partial charge in [-0.2, -0.15) is 0 Å². The van der Waals surface area contributed by atoms with E-state index < -0.39 is 0 Å². The second-order valence-electron chi connectivity index (χ2n) is 4.97. The molecule has 0 aromatic heterocycles. The fourth-order valence-electron chi connectivity index (χ4n) is 2.52. The highest BCUT2D eigenvalue weighted by molar-refractivity contribution is 6.33. The summed E-state index contributed by atoms with van der Waals surface area (Å²) in [6.45, 7) is 3.41. The number of hydrogen-bond donors (Lipinski definition) is 1. The van der Waals surface area contributed by atoms with Gasteiger partial charge in [-0.1, -0.05) is 17.7 Å². The molecule has 4 heteroatoms. The first-order chi connectivity index (χ1) is 8.08. The van der Waals surface area contributed by atoms with Crippen LogP contribution < -0.4 is 10.6 Å². The van der Waals surface area contributed by atoms with Crippen molar-refractivity contribution in [3.05, 3.63) is 23.2 Å². The van der Waals surface area contributed by atoms with Crippen LogP contribution in [0.2, 0.25) is 5.02 Å². The molecule has 1 aromatic carbocycles. The summed E-state index contributed by atoms with van der Waals surface area (Å²) in [4.78, 5) is 4.59. The predicted molar refractivity (Wildman–Crippen MR) is 74.7 cm³/mol. The summed E-state index contributed by atoms with van der Waals surface area (Å²) in [6.07, 6.45) is 1.27. The van der Waals surface area contributed by atoms with Crippen LogP contribution in [0.3, 0.4) is 0 Å². The largest absolute Gasteiger partial charge is 0.396 e. The van der Waals surface area contributed by atoms with Crippen molar-refractivity contribution in [2.45, 2.75) is 6.42 Å². The van der Waals surface area contributed by atoms with E-state index in [-0.39, 0.29) is 0 Å². The first-order valence-corrected chi connectivity index (χ1v) is 6.39. The molecular weight excluding hydrogens is 234 g/mol. The fraction of sp³-hybridized carbons (Fsp3) is 0.538. The second kappa shape index (κ2) is 5.15. The van der Waals surface area contributed by atoms with Crippen LogP contribution in [-0.4, -0.2) is 38.6 Å². The summed E-state index contributed by atoms with van der Waals surface area (Å²) in [5, 5.41) is 0.637. The summed E-state index contributed by atoms with van der Waals surface area (Å²) < 4.78 is 0. The minimum Gasteiger partial charge on any atom is -0.396 e. The van der Waals surface area contributed by atoms with Crippen molar-refractivity contribution in [2.24, 2.45) is 5.92 Å². The summed E-state index contributed by atoms with van der Waals surface area (Å²) in [5.41, 5.74) is 7.72. The normalized spacial score (nSPS) is 20.8. The van der Waals surface area contributed by atoms with Gasteiger partial charge in [-0.05, 0) is 38.1 Å². The number of hydrogen-bond acceptors (Lipinski definition) is 3. The lowest BCUT2D eigenvalue weighted by molar-refractivity contribution is 0.396. The molecule has 2 N–H and O–H groups in total. The van der Waals surface area contributed by atoms with Gasteiger partial charge in [0.15, 0.2) is 0 Å². The van der Waals surface area contributed by atoms with Gasteiger partial charge in [-0.15, -0.1) is 0 Å². The highest BCUT2D eigenvalue weighted by atomic mass is 35.5. The van der Waals surface area contributed by atoms with E-state index in [0.717, 1.165) is 18.2 Å². The molecule has 0 aliphatic carbocycles. The summed E-state index contributed by atoms with van der Waals surface area (Å²) >= 11 is 6.04. The van der Waals surface area contributed by atoms with Gasteiger partial charge in [0.05, 0.1) is 16.4 Å². The summed E-state index contributed by atoms with van der Waals surface area (Å²) in [7, 11) is 4.26. The van der Waals surface area contributed by atoms with E-state index in [4.69, 9.17) is 17.3 Å². The maximum Gasteiger partial charge on any atom is 0.0741 e.